The van der Waals surface area contributed by atoms with Crippen LogP contribution in [0, 0.1) is 0 Å². The van der Waals surface area contributed by atoms with Crippen molar-refractivity contribution in [1.29, 1.82) is 0 Å². The third-order valence-electron chi connectivity index (χ3n) is 3.28. The van der Waals surface area contributed by atoms with Gasteiger partial charge in [-0.05, 0) is 33.6 Å². The molecule has 5 heteroatoms. The van der Waals surface area contributed by atoms with Gasteiger partial charge in [-0.3, -0.25) is 14.4 Å². The number of carboxylic acid groups (broad SMARTS) is 1. The monoisotopic (exact) mass is 315 g/mol. The number of nitrogens with zero attached hydrogens (tertiary/aromatic N) is 1. The molecule has 0 aliphatic heterocycles. The van der Waals surface area contributed by atoms with Gasteiger partial charge in [-0.25, -0.2) is 5.06 Å². The first kappa shape index (κ1) is 20.9. The Labute approximate surface area is 135 Å². The highest BCUT2D eigenvalue weighted by Gasteiger charge is 2.15. The van der Waals surface area contributed by atoms with E-state index in [1.807, 2.05) is 20.8 Å². The average Bonchev–Trinajstić information content (AvgIpc) is 2.41. The summed E-state index contributed by atoms with van der Waals surface area (Å²) in [5.41, 5.74) is -0.332. The number of carbonyl (C=O) groups excluding carboxylic acids is 1. The number of carbonyl (C=O) groups is 2. The Hall–Kier alpha value is -1.10. The molecular formula is C17H33NO4. The summed E-state index contributed by atoms with van der Waals surface area (Å²) >= 11 is 0. The summed E-state index contributed by atoms with van der Waals surface area (Å²) in [6, 6.07) is 0. The lowest BCUT2D eigenvalue weighted by Gasteiger charge is -2.26. The molecule has 0 aromatic carbocycles. The number of hydrogen-bond donors (Lipinski definition) is 1. The Balaban J connectivity index is 3.35. The molecule has 5 nitrogen and oxygen atoms in total. The van der Waals surface area contributed by atoms with Crippen molar-refractivity contribution in [2.75, 3.05) is 6.54 Å². The summed E-state index contributed by atoms with van der Waals surface area (Å²) in [5.74, 6) is -0.695. The first-order valence-corrected chi connectivity index (χ1v) is 8.48. The van der Waals surface area contributed by atoms with Crippen LogP contribution < -0.4 is 0 Å². The third kappa shape index (κ3) is 15.3. The van der Waals surface area contributed by atoms with Crippen LogP contribution in [0.15, 0.2) is 0 Å². The van der Waals surface area contributed by atoms with Crippen LogP contribution in [-0.2, 0) is 14.4 Å². The Bertz CT molecular complexity index is 300. The zero-order valence-corrected chi connectivity index (χ0v) is 14.5. The molecule has 0 atom stereocenters. The molecular weight excluding hydrogens is 282 g/mol. The highest BCUT2D eigenvalue weighted by atomic mass is 16.7. The van der Waals surface area contributed by atoms with Gasteiger partial charge in [0.15, 0.2) is 0 Å². The first-order chi connectivity index (χ1) is 10.3. The van der Waals surface area contributed by atoms with Gasteiger partial charge in [-0.15, -0.1) is 0 Å². The molecule has 0 spiro atoms. The van der Waals surface area contributed by atoms with Crippen molar-refractivity contribution in [2.24, 2.45) is 0 Å². The van der Waals surface area contributed by atoms with Crippen molar-refractivity contribution < 1.29 is 19.5 Å². The maximum atomic E-state index is 10.9. The van der Waals surface area contributed by atoms with E-state index in [0.29, 0.717) is 13.0 Å². The van der Waals surface area contributed by atoms with Gasteiger partial charge in [-0.1, -0.05) is 44.9 Å². The molecule has 0 rings (SSSR count). The number of amides is 1. The van der Waals surface area contributed by atoms with E-state index >= 15 is 0 Å². The maximum absolute atomic E-state index is 10.9. The van der Waals surface area contributed by atoms with E-state index in [-0.39, 0.29) is 5.60 Å². The molecule has 1 amide bonds. The Kier molecular flexibility index (Phi) is 11.8. The molecule has 0 fully saturated rings. The molecule has 22 heavy (non-hydrogen) atoms. The second-order valence-corrected chi connectivity index (χ2v) is 6.78. The van der Waals surface area contributed by atoms with E-state index < -0.39 is 5.97 Å². The normalized spacial score (nSPS) is 11.4. The van der Waals surface area contributed by atoms with Gasteiger partial charge in [0.1, 0.15) is 0 Å². The van der Waals surface area contributed by atoms with E-state index in [0.717, 1.165) is 38.5 Å². The summed E-state index contributed by atoms with van der Waals surface area (Å²) in [6.45, 7) is 6.44. The Morgan fingerprint density at radius 3 is 1.82 bits per heavy atom. The highest BCUT2D eigenvalue weighted by molar-refractivity contribution is 5.66. The SMILES string of the molecule is CC(C)(C)ON(C=O)CCCCCCCCCCCC(=O)O. The lowest BCUT2D eigenvalue weighted by atomic mass is 10.1. The molecule has 130 valence electrons. The lowest BCUT2D eigenvalue weighted by molar-refractivity contribution is -0.216. The van der Waals surface area contributed by atoms with Crippen molar-refractivity contribution in [1.82, 2.24) is 5.06 Å². The van der Waals surface area contributed by atoms with Gasteiger partial charge >= 0.3 is 5.97 Å². The van der Waals surface area contributed by atoms with Crippen LogP contribution in [0.3, 0.4) is 0 Å². The van der Waals surface area contributed by atoms with Crippen molar-refractivity contribution >= 4 is 12.4 Å². The molecule has 0 saturated carbocycles. The summed E-state index contributed by atoms with van der Waals surface area (Å²) in [6.07, 6.45) is 10.9. The van der Waals surface area contributed by atoms with Crippen LogP contribution in [0.5, 0.6) is 0 Å². The van der Waals surface area contributed by atoms with E-state index in [9.17, 15) is 9.59 Å². The first-order valence-electron chi connectivity index (χ1n) is 8.48. The number of unbranched alkanes of at least 4 members (excludes halogenated alkanes) is 8. The van der Waals surface area contributed by atoms with Gasteiger partial charge in [0, 0.05) is 13.0 Å². The third-order valence-corrected chi connectivity index (χ3v) is 3.28. The van der Waals surface area contributed by atoms with Gasteiger partial charge < -0.3 is 5.11 Å². The molecule has 0 aromatic rings. The molecule has 0 heterocycles. The second-order valence-electron chi connectivity index (χ2n) is 6.78. The van der Waals surface area contributed by atoms with Gasteiger partial charge in [0.2, 0.25) is 6.41 Å². The highest BCUT2D eigenvalue weighted by Crippen LogP contribution is 2.12. The van der Waals surface area contributed by atoms with Crippen LogP contribution in [-0.4, -0.2) is 34.7 Å². The van der Waals surface area contributed by atoms with E-state index in [1.165, 1.54) is 30.7 Å². The lowest BCUT2D eigenvalue weighted by Crippen LogP contribution is -2.33. The van der Waals surface area contributed by atoms with E-state index in [2.05, 4.69) is 0 Å². The number of carboxylic acids is 1. The fourth-order valence-electron chi connectivity index (χ4n) is 2.25. The predicted molar refractivity (Wildman–Crippen MR) is 87.4 cm³/mol. The van der Waals surface area contributed by atoms with Crippen molar-refractivity contribution in [3.8, 4) is 0 Å². The van der Waals surface area contributed by atoms with E-state index in [1.54, 1.807) is 0 Å². The van der Waals surface area contributed by atoms with Crippen LogP contribution in [0.25, 0.3) is 0 Å². The molecule has 1 N–H and O–H groups in total. The average molecular weight is 315 g/mol. The number of hydroxylamine groups is 2. The Morgan fingerprint density at radius 1 is 0.955 bits per heavy atom. The summed E-state index contributed by atoms with van der Waals surface area (Å²) in [4.78, 5) is 26.7. The topological polar surface area (TPSA) is 66.8 Å². The standard InChI is InChI=1S/C17H33NO4/c1-17(2,3)22-18(15-19)14-12-10-8-6-4-5-7-9-11-13-16(20)21/h15H,4-14H2,1-3H3,(H,20,21). The fourth-order valence-corrected chi connectivity index (χ4v) is 2.25. The molecule has 0 bridgehead atoms. The molecule has 0 saturated heterocycles. The van der Waals surface area contributed by atoms with Crippen LogP contribution in [0.4, 0.5) is 0 Å². The van der Waals surface area contributed by atoms with Gasteiger partial charge in [0.25, 0.3) is 0 Å². The summed E-state index contributed by atoms with van der Waals surface area (Å²) < 4.78 is 0. The minimum absolute atomic E-state index is 0.296. The van der Waals surface area contributed by atoms with Crippen molar-refractivity contribution in [2.45, 2.75) is 90.6 Å². The largest absolute Gasteiger partial charge is 0.481 e. The van der Waals surface area contributed by atoms with Crippen molar-refractivity contribution in [3.63, 3.8) is 0 Å². The number of aliphatic carboxylic acids is 1. The summed E-state index contributed by atoms with van der Waals surface area (Å²) in [5, 5.41) is 9.91. The number of hydrogen-bond acceptors (Lipinski definition) is 3. The molecule has 0 aromatic heterocycles. The quantitative estimate of drug-likeness (QED) is 0.297. The van der Waals surface area contributed by atoms with Crippen LogP contribution >= 0.6 is 0 Å². The minimum Gasteiger partial charge on any atom is -0.481 e. The zero-order chi connectivity index (χ0) is 16.8. The minimum atomic E-state index is -0.695. The number of rotatable bonds is 14. The van der Waals surface area contributed by atoms with E-state index in [4.69, 9.17) is 9.94 Å². The molecule has 0 aliphatic carbocycles. The van der Waals surface area contributed by atoms with Gasteiger partial charge in [0.05, 0.1) is 5.60 Å². The predicted octanol–water partition coefficient (Wildman–Crippen LogP) is 4.16. The van der Waals surface area contributed by atoms with Crippen LogP contribution in [0.2, 0.25) is 0 Å². The zero-order valence-electron chi connectivity index (χ0n) is 14.5. The fraction of sp³-hybridized carbons (Fsp3) is 0.882. The molecule has 0 radical (unpaired) electrons. The maximum Gasteiger partial charge on any atom is 0.303 e. The smallest absolute Gasteiger partial charge is 0.303 e. The Morgan fingerprint density at radius 2 is 1.41 bits per heavy atom. The molecule has 0 aliphatic rings. The van der Waals surface area contributed by atoms with Crippen molar-refractivity contribution in [3.05, 3.63) is 0 Å². The van der Waals surface area contributed by atoms with Gasteiger partial charge in [-0.2, -0.15) is 0 Å². The van der Waals surface area contributed by atoms with Crippen LogP contribution in [0.1, 0.15) is 85.0 Å². The summed E-state index contributed by atoms with van der Waals surface area (Å²) in [7, 11) is 0. The molecule has 0 unspecified atom stereocenters. The second kappa shape index (κ2) is 12.4.